The van der Waals surface area contributed by atoms with Crippen molar-refractivity contribution in [1.82, 2.24) is 10.6 Å². The third-order valence-corrected chi connectivity index (χ3v) is 2.18. The van der Waals surface area contributed by atoms with Crippen LogP contribution >= 0.6 is 0 Å². The molecule has 0 aliphatic heterocycles. The first-order valence-electron chi connectivity index (χ1n) is 4.98. The van der Waals surface area contributed by atoms with Crippen LogP contribution in [0.25, 0.3) is 0 Å². The van der Waals surface area contributed by atoms with Crippen molar-refractivity contribution in [3.63, 3.8) is 0 Å². The molecule has 0 aliphatic rings. The summed E-state index contributed by atoms with van der Waals surface area (Å²) in [6.45, 7) is -0.225. The number of nitrogen functional groups attached to an aromatic ring is 1. The number of amides is 2. The highest BCUT2D eigenvalue weighted by atomic mass is 16.6. The lowest BCUT2D eigenvalue weighted by atomic mass is 10.1. The molecular formula is C10H12N4O4. The Morgan fingerprint density at radius 2 is 2.11 bits per heavy atom. The van der Waals surface area contributed by atoms with Crippen molar-refractivity contribution in [3.8, 4) is 0 Å². The number of nitrogens with one attached hydrogen (secondary N) is 2. The van der Waals surface area contributed by atoms with Crippen LogP contribution in [0.3, 0.4) is 0 Å². The Hall–Kier alpha value is -2.64. The monoisotopic (exact) mass is 252 g/mol. The fourth-order valence-electron chi connectivity index (χ4n) is 1.20. The summed E-state index contributed by atoms with van der Waals surface area (Å²) in [7, 11) is 1.43. The van der Waals surface area contributed by atoms with Gasteiger partial charge in [-0.2, -0.15) is 0 Å². The summed E-state index contributed by atoms with van der Waals surface area (Å²) in [4.78, 5) is 32.5. The highest BCUT2D eigenvalue weighted by molar-refractivity contribution is 6.01. The van der Waals surface area contributed by atoms with Gasteiger partial charge in [0.1, 0.15) is 0 Å². The maximum absolute atomic E-state index is 11.7. The standard InChI is InChI=1S/C10H12N4O4/c1-12-9(15)5-13-10(16)7-4-6(14(17)18)2-3-8(7)11/h2-4H,5,11H2,1H3,(H,12,15)(H,13,16). The molecule has 0 saturated heterocycles. The number of nitro benzene ring substituents is 1. The molecule has 1 rings (SSSR count). The van der Waals surface area contributed by atoms with Gasteiger partial charge in [-0.3, -0.25) is 19.7 Å². The van der Waals surface area contributed by atoms with Gasteiger partial charge in [-0.25, -0.2) is 0 Å². The molecule has 1 aromatic carbocycles. The van der Waals surface area contributed by atoms with Crippen molar-refractivity contribution in [2.24, 2.45) is 0 Å². The van der Waals surface area contributed by atoms with Crippen LogP contribution in [-0.4, -0.2) is 30.3 Å². The molecule has 1 aromatic rings. The van der Waals surface area contributed by atoms with E-state index >= 15 is 0 Å². The zero-order valence-corrected chi connectivity index (χ0v) is 9.60. The quantitative estimate of drug-likeness (QED) is 0.383. The Morgan fingerprint density at radius 3 is 2.67 bits per heavy atom. The topological polar surface area (TPSA) is 127 Å². The van der Waals surface area contributed by atoms with E-state index in [-0.39, 0.29) is 29.4 Å². The van der Waals surface area contributed by atoms with E-state index in [1.54, 1.807) is 0 Å². The van der Waals surface area contributed by atoms with Crippen LogP contribution in [0.2, 0.25) is 0 Å². The van der Waals surface area contributed by atoms with Gasteiger partial charge in [0.2, 0.25) is 5.91 Å². The van der Waals surface area contributed by atoms with E-state index < -0.39 is 10.8 Å². The summed E-state index contributed by atoms with van der Waals surface area (Å²) in [5, 5.41) is 15.2. The van der Waals surface area contributed by atoms with Gasteiger partial charge in [0.15, 0.2) is 0 Å². The molecule has 96 valence electrons. The minimum Gasteiger partial charge on any atom is -0.398 e. The van der Waals surface area contributed by atoms with Crippen molar-refractivity contribution < 1.29 is 14.5 Å². The largest absolute Gasteiger partial charge is 0.398 e. The van der Waals surface area contributed by atoms with Crippen LogP contribution in [0.15, 0.2) is 18.2 Å². The number of carbonyl (C=O) groups excluding carboxylic acids is 2. The number of non-ortho nitro benzene ring substituents is 1. The Labute approximate surface area is 102 Å². The number of nitrogens with two attached hydrogens (primary N) is 1. The number of hydrogen-bond acceptors (Lipinski definition) is 5. The lowest BCUT2D eigenvalue weighted by Crippen LogP contribution is -2.35. The maximum atomic E-state index is 11.7. The van der Waals surface area contributed by atoms with Gasteiger partial charge in [0.25, 0.3) is 11.6 Å². The van der Waals surface area contributed by atoms with E-state index in [0.717, 1.165) is 6.07 Å². The minimum absolute atomic E-state index is 0.0342. The van der Waals surface area contributed by atoms with Crippen molar-refractivity contribution in [3.05, 3.63) is 33.9 Å². The average molecular weight is 252 g/mol. The molecule has 0 saturated carbocycles. The first-order chi connectivity index (χ1) is 8.45. The van der Waals surface area contributed by atoms with Gasteiger partial charge in [-0.05, 0) is 6.07 Å². The summed E-state index contributed by atoms with van der Waals surface area (Å²) >= 11 is 0. The second-order valence-electron chi connectivity index (χ2n) is 3.38. The summed E-state index contributed by atoms with van der Waals surface area (Å²) in [5.41, 5.74) is 5.38. The summed E-state index contributed by atoms with van der Waals surface area (Å²) in [5.74, 6) is -1.02. The van der Waals surface area contributed by atoms with Crippen molar-refractivity contribution in [1.29, 1.82) is 0 Å². The molecule has 0 radical (unpaired) electrons. The van der Waals surface area contributed by atoms with Crippen molar-refractivity contribution in [2.75, 3.05) is 19.3 Å². The van der Waals surface area contributed by atoms with Crippen LogP contribution in [0, 0.1) is 10.1 Å². The number of hydrogen-bond donors (Lipinski definition) is 3. The van der Waals surface area contributed by atoms with Crippen LogP contribution in [0.4, 0.5) is 11.4 Å². The number of carbonyl (C=O) groups is 2. The van der Waals surface area contributed by atoms with E-state index in [9.17, 15) is 19.7 Å². The predicted octanol–water partition coefficient (Wildman–Crippen LogP) is -0.347. The predicted molar refractivity (Wildman–Crippen MR) is 63.9 cm³/mol. The number of anilines is 1. The van der Waals surface area contributed by atoms with E-state index in [0.29, 0.717) is 0 Å². The molecule has 0 fully saturated rings. The van der Waals surface area contributed by atoms with Crippen LogP contribution in [0.5, 0.6) is 0 Å². The van der Waals surface area contributed by atoms with Gasteiger partial charge in [0.05, 0.1) is 17.0 Å². The van der Waals surface area contributed by atoms with Gasteiger partial charge in [0, 0.05) is 24.9 Å². The normalized spacial score (nSPS) is 9.61. The highest BCUT2D eigenvalue weighted by Crippen LogP contribution is 2.19. The number of likely N-dealkylation sites (N-methyl/N-ethyl adjacent to an activating group) is 1. The van der Waals surface area contributed by atoms with Crippen LogP contribution in [0.1, 0.15) is 10.4 Å². The molecule has 0 unspecified atom stereocenters. The fraction of sp³-hybridized carbons (Fsp3) is 0.200. The minimum atomic E-state index is -0.639. The van der Waals surface area contributed by atoms with Crippen molar-refractivity contribution in [2.45, 2.75) is 0 Å². The first-order valence-corrected chi connectivity index (χ1v) is 4.98. The third kappa shape index (κ3) is 3.17. The van der Waals surface area contributed by atoms with Gasteiger partial charge in [-0.1, -0.05) is 0 Å². The molecule has 0 aromatic heterocycles. The van der Waals surface area contributed by atoms with Gasteiger partial charge < -0.3 is 16.4 Å². The Bertz CT molecular complexity index is 501. The van der Waals surface area contributed by atoms with Crippen LogP contribution in [-0.2, 0) is 4.79 Å². The molecule has 0 heterocycles. The Morgan fingerprint density at radius 1 is 1.44 bits per heavy atom. The van der Waals surface area contributed by atoms with Crippen molar-refractivity contribution >= 4 is 23.2 Å². The van der Waals surface area contributed by atoms with E-state index in [4.69, 9.17) is 5.73 Å². The molecule has 0 atom stereocenters. The highest BCUT2D eigenvalue weighted by Gasteiger charge is 2.15. The molecular weight excluding hydrogens is 240 g/mol. The Balaban J connectivity index is 2.87. The molecule has 2 amide bonds. The maximum Gasteiger partial charge on any atom is 0.270 e. The summed E-state index contributed by atoms with van der Waals surface area (Å²) in [6, 6.07) is 3.53. The third-order valence-electron chi connectivity index (χ3n) is 2.18. The number of rotatable bonds is 4. The molecule has 0 spiro atoms. The Kier molecular flexibility index (Phi) is 4.19. The zero-order chi connectivity index (χ0) is 13.7. The lowest BCUT2D eigenvalue weighted by molar-refractivity contribution is -0.384. The number of nitrogens with zero attached hydrogens (tertiary/aromatic N) is 1. The van der Waals surface area contributed by atoms with E-state index in [1.165, 1.54) is 19.2 Å². The summed E-state index contributed by atoms with van der Waals surface area (Å²) < 4.78 is 0. The smallest absolute Gasteiger partial charge is 0.270 e. The molecule has 0 bridgehead atoms. The number of nitro groups is 1. The molecule has 18 heavy (non-hydrogen) atoms. The SMILES string of the molecule is CNC(=O)CNC(=O)c1cc([N+](=O)[O-])ccc1N. The van der Waals surface area contributed by atoms with Crippen LogP contribution < -0.4 is 16.4 Å². The number of benzene rings is 1. The fourth-order valence-corrected chi connectivity index (χ4v) is 1.20. The van der Waals surface area contributed by atoms with E-state index in [2.05, 4.69) is 10.6 Å². The average Bonchev–Trinajstić information content (AvgIpc) is 2.35. The van der Waals surface area contributed by atoms with E-state index in [1.807, 2.05) is 0 Å². The molecule has 8 nitrogen and oxygen atoms in total. The summed E-state index contributed by atoms with van der Waals surface area (Å²) in [6.07, 6.45) is 0. The second-order valence-corrected chi connectivity index (χ2v) is 3.38. The molecule has 8 heteroatoms. The second kappa shape index (κ2) is 5.62. The molecule has 4 N–H and O–H groups in total. The van der Waals surface area contributed by atoms with Gasteiger partial charge in [-0.15, -0.1) is 0 Å². The first kappa shape index (κ1) is 13.4. The zero-order valence-electron chi connectivity index (χ0n) is 9.60. The lowest BCUT2D eigenvalue weighted by Gasteiger charge is -2.06. The molecule has 0 aliphatic carbocycles. The van der Waals surface area contributed by atoms with Gasteiger partial charge >= 0.3 is 0 Å².